The van der Waals surface area contributed by atoms with Crippen molar-refractivity contribution in [3.63, 3.8) is 0 Å². The third-order valence-corrected chi connectivity index (χ3v) is 5.02. The highest BCUT2D eigenvalue weighted by molar-refractivity contribution is 5.83. The van der Waals surface area contributed by atoms with E-state index in [9.17, 15) is 10.0 Å². The first-order valence-corrected chi connectivity index (χ1v) is 9.63. The molecule has 2 N–H and O–H groups in total. The number of aryl methyl sites for hydroxylation is 1. The maximum absolute atomic E-state index is 13.1. The first-order valence-electron chi connectivity index (χ1n) is 9.63. The molecule has 0 fully saturated rings. The van der Waals surface area contributed by atoms with Crippen LogP contribution in [0, 0.1) is 12.1 Å². The summed E-state index contributed by atoms with van der Waals surface area (Å²) in [5, 5.41) is 19.4. The van der Waals surface area contributed by atoms with Crippen molar-refractivity contribution in [2.75, 3.05) is 7.11 Å². The zero-order valence-electron chi connectivity index (χ0n) is 17.0. The fourth-order valence-electron chi connectivity index (χ4n) is 3.38. The van der Waals surface area contributed by atoms with Gasteiger partial charge in [0, 0.05) is 18.2 Å². The summed E-state index contributed by atoms with van der Waals surface area (Å²) >= 11 is 0. The third-order valence-electron chi connectivity index (χ3n) is 5.02. The Balaban J connectivity index is 1.60. The highest BCUT2D eigenvalue weighted by Crippen LogP contribution is 2.28. The first-order chi connectivity index (χ1) is 15.0. The summed E-state index contributed by atoms with van der Waals surface area (Å²) in [7, 11) is 1.59. The van der Waals surface area contributed by atoms with Gasteiger partial charge in [0.25, 0.3) is 0 Å². The van der Waals surface area contributed by atoms with E-state index >= 15 is 0 Å². The minimum Gasteiger partial charge on any atom is -0.595 e. The van der Waals surface area contributed by atoms with Crippen molar-refractivity contribution in [1.82, 2.24) is 0 Å². The van der Waals surface area contributed by atoms with Crippen molar-refractivity contribution in [1.29, 1.82) is 0 Å². The Labute approximate surface area is 178 Å². The van der Waals surface area contributed by atoms with Gasteiger partial charge in [-0.3, -0.25) is 4.79 Å². The lowest BCUT2D eigenvalue weighted by atomic mass is 10.0. The van der Waals surface area contributed by atoms with Crippen molar-refractivity contribution in [3.8, 4) is 22.6 Å². The van der Waals surface area contributed by atoms with E-state index in [1.807, 2.05) is 12.1 Å². The lowest BCUT2D eigenvalue weighted by Gasteiger charge is -2.12. The average molecular weight is 419 g/mol. The number of quaternary nitrogens is 1. The van der Waals surface area contributed by atoms with Crippen LogP contribution < -0.4 is 20.1 Å². The van der Waals surface area contributed by atoms with Gasteiger partial charge in [-0.1, -0.05) is 12.1 Å². The topological polar surface area (TPSA) is 96.4 Å². The smallest absolute Gasteiger partial charge is 0.200 e. The zero-order chi connectivity index (χ0) is 22.0. The molecule has 0 aliphatic rings. The van der Waals surface area contributed by atoms with Crippen LogP contribution in [0.1, 0.15) is 11.3 Å². The second kappa shape index (κ2) is 8.61. The summed E-state index contributed by atoms with van der Waals surface area (Å²) in [6.45, 7) is 2.02. The van der Waals surface area contributed by atoms with E-state index in [4.69, 9.17) is 19.1 Å². The lowest BCUT2D eigenvalue weighted by molar-refractivity contribution is -0.991. The lowest BCUT2D eigenvalue weighted by Crippen LogP contribution is -2.99. The van der Waals surface area contributed by atoms with E-state index in [0.29, 0.717) is 33.8 Å². The largest absolute Gasteiger partial charge is 0.595 e. The summed E-state index contributed by atoms with van der Waals surface area (Å²) in [5.74, 6) is 1.78. The van der Waals surface area contributed by atoms with Crippen LogP contribution in [0.15, 0.2) is 75.9 Å². The SMILES string of the molecule is COc1ccc(-c2c(C)oc3cc(OCc4ccc([NH+]([O-])O)cc4)ccc3c2=O)cc1. The van der Waals surface area contributed by atoms with Crippen LogP contribution in [0.5, 0.6) is 11.5 Å². The highest BCUT2D eigenvalue weighted by atomic mass is 16.8. The van der Waals surface area contributed by atoms with Crippen molar-refractivity contribution in [2.24, 2.45) is 0 Å². The predicted molar refractivity (Wildman–Crippen MR) is 116 cm³/mol. The summed E-state index contributed by atoms with van der Waals surface area (Å²) < 4.78 is 16.9. The molecule has 0 bridgehead atoms. The monoisotopic (exact) mass is 419 g/mol. The minimum atomic E-state index is -0.971. The van der Waals surface area contributed by atoms with E-state index in [2.05, 4.69) is 0 Å². The predicted octanol–water partition coefficient (Wildman–Crippen LogP) is 3.76. The molecule has 3 aromatic carbocycles. The minimum absolute atomic E-state index is 0.111. The van der Waals surface area contributed by atoms with E-state index in [1.54, 1.807) is 56.5 Å². The molecular weight excluding hydrogens is 398 g/mol. The number of hydrogen-bond acceptors (Lipinski definition) is 6. The molecule has 0 saturated heterocycles. The van der Waals surface area contributed by atoms with Crippen LogP contribution in [0.2, 0.25) is 0 Å². The third kappa shape index (κ3) is 4.29. The van der Waals surface area contributed by atoms with Crippen LogP contribution in [-0.4, -0.2) is 12.3 Å². The van der Waals surface area contributed by atoms with Crippen LogP contribution in [0.3, 0.4) is 0 Å². The molecule has 7 nitrogen and oxygen atoms in total. The number of ether oxygens (including phenoxy) is 2. The number of methoxy groups -OCH3 is 1. The van der Waals surface area contributed by atoms with Gasteiger partial charge in [-0.15, -0.1) is 0 Å². The van der Waals surface area contributed by atoms with Gasteiger partial charge in [0.05, 0.1) is 18.1 Å². The van der Waals surface area contributed by atoms with Gasteiger partial charge in [-0.2, -0.15) is 5.23 Å². The van der Waals surface area contributed by atoms with Crippen LogP contribution in [-0.2, 0) is 6.61 Å². The molecule has 0 spiro atoms. The number of hydrogen-bond donors (Lipinski definition) is 2. The normalized spacial score (nSPS) is 12.0. The maximum atomic E-state index is 13.1. The number of benzene rings is 3. The van der Waals surface area contributed by atoms with Gasteiger partial charge in [0.15, 0.2) is 5.69 Å². The highest BCUT2D eigenvalue weighted by Gasteiger charge is 2.14. The molecule has 0 radical (unpaired) electrons. The summed E-state index contributed by atoms with van der Waals surface area (Å²) in [5.41, 5.74) is 2.66. The van der Waals surface area contributed by atoms with Gasteiger partial charge >= 0.3 is 0 Å². The molecular formula is C24H21NO6. The molecule has 0 amide bonds. The number of nitrogens with one attached hydrogen (secondary N) is 1. The molecule has 0 aliphatic heterocycles. The Morgan fingerprint density at radius 1 is 1.00 bits per heavy atom. The van der Waals surface area contributed by atoms with Gasteiger partial charge in [0.2, 0.25) is 5.43 Å². The molecule has 1 atom stereocenters. The van der Waals surface area contributed by atoms with Gasteiger partial charge in [-0.05, 0) is 54.4 Å². The van der Waals surface area contributed by atoms with Gasteiger partial charge in [0.1, 0.15) is 29.4 Å². The molecule has 1 unspecified atom stereocenters. The van der Waals surface area contributed by atoms with Crippen molar-refractivity contribution >= 4 is 16.7 Å². The Bertz CT molecular complexity index is 1260. The molecule has 4 rings (SSSR count). The van der Waals surface area contributed by atoms with E-state index in [-0.39, 0.29) is 17.7 Å². The molecule has 1 heterocycles. The van der Waals surface area contributed by atoms with Crippen molar-refractivity contribution in [2.45, 2.75) is 13.5 Å². The van der Waals surface area contributed by atoms with Gasteiger partial charge in [-0.25, -0.2) is 5.21 Å². The molecule has 158 valence electrons. The fraction of sp³-hybridized carbons (Fsp3) is 0.125. The quantitative estimate of drug-likeness (QED) is 0.462. The second-order valence-corrected chi connectivity index (χ2v) is 7.04. The Hall–Kier alpha value is -3.65. The zero-order valence-corrected chi connectivity index (χ0v) is 17.0. The maximum Gasteiger partial charge on any atom is 0.200 e. The molecule has 31 heavy (non-hydrogen) atoms. The van der Waals surface area contributed by atoms with E-state index in [0.717, 1.165) is 11.1 Å². The summed E-state index contributed by atoms with van der Waals surface area (Å²) in [4.78, 5) is 13.1. The molecule has 0 aliphatic carbocycles. The van der Waals surface area contributed by atoms with Crippen LogP contribution >= 0.6 is 0 Å². The van der Waals surface area contributed by atoms with Crippen LogP contribution in [0.25, 0.3) is 22.1 Å². The van der Waals surface area contributed by atoms with Crippen LogP contribution in [0.4, 0.5) is 5.69 Å². The summed E-state index contributed by atoms with van der Waals surface area (Å²) in [6, 6.07) is 18.8. The molecule has 7 heteroatoms. The first kappa shape index (κ1) is 20.6. The Morgan fingerprint density at radius 3 is 2.32 bits per heavy atom. The average Bonchev–Trinajstić information content (AvgIpc) is 2.78. The standard InChI is InChI=1S/C24H21NO6/c1-15-23(17-5-9-19(29-2)10-6-17)24(26)21-12-11-20(13-22(21)31-15)30-14-16-3-7-18(8-4-16)25(27)28/h3-13,25,27H,14H2,1-2H3. The molecule has 0 saturated carbocycles. The number of rotatable bonds is 6. The van der Waals surface area contributed by atoms with Crippen molar-refractivity contribution < 1.29 is 24.3 Å². The van der Waals surface area contributed by atoms with Crippen molar-refractivity contribution in [3.05, 3.63) is 93.5 Å². The van der Waals surface area contributed by atoms with Gasteiger partial charge < -0.3 is 19.1 Å². The summed E-state index contributed by atoms with van der Waals surface area (Å²) in [6.07, 6.45) is 0. The Kier molecular flexibility index (Phi) is 5.73. The molecule has 4 aromatic rings. The number of fused-ring (bicyclic) bond motifs is 1. The Morgan fingerprint density at radius 2 is 1.68 bits per heavy atom. The van der Waals surface area contributed by atoms with E-state index < -0.39 is 5.23 Å². The van der Waals surface area contributed by atoms with E-state index in [1.165, 1.54) is 12.1 Å². The molecule has 1 aromatic heterocycles. The fourth-order valence-corrected chi connectivity index (χ4v) is 3.38. The second-order valence-electron chi connectivity index (χ2n) is 7.04.